The molecule has 140 valence electrons. The number of hydrogen-bond donors (Lipinski definition) is 3. The smallest absolute Gasteiger partial charge is 0.300 e. The predicted octanol–water partition coefficient (Wildman–Crippen LogP) is 0.548. The fourth-order valence-corrected chi connectivity index (χ4v) is 2.96. The van der Waals surface area contributed by atoms with Gasteiger partial charge in [0.2, 0.25) is 5.91 Å². The molecule has 0 aliphatic carbocycles. The van der Waals surface area contributed by atoms with Crippen LogP contribution in [0.3, 0.4) is 0 Å². The molecule has 0 unspecified atom stereocenters. The molecule has 0 spiro atoms. The molecule has 3 heterocycles. The highest BCUT2D eigenvalue weighted by Crippen LogP contribution is 2.27. The summed E-state index contributed by atoms with van der Waals surface area (Å²) in [6.45, 7) is 6.85. The number of aliphatic carboxylic acids is 2. The highest BCUT2D eigenvalue weighted by Gasteiger charge is 2.42. The zero-order valence-corrected chi connectivity index (χ0v) is 14.8. The second-order valence-corrected chi connectivity index (χ2v) is 5.81. The summed E-state index contributed by atoms with van der Waals surface area (Å²) < 4.78 is 2.10. The van der Waals surface area contributed by atoms with Crippen LogP contribution in [0, 0.1) is 0 Å². The first-order chi connectivity index (χ1) is 11.8. The van der Waals surface area contributed by atoms with Gasteiger partial charge >= 0.3 is 0 Å². The zero-order valence-electron chi connectivity index (χ0n) is 14.8. The topological polar surface area (TPSA) is 125 Å². The van der Waals surface area contributed by atoms with Crippen molar-refractivity contribution in [2.45, 2.75) is 58.8 Å². The Kier molecular flexibility index (Phi) is 8.06. The molecule has 9 heteroatoms. The molecule has 2 fully saturated rings. The second-order valence-electron chi connectivity index (χ2n) is 5.81. The summed E-state index contributed by atoms with van der Waals surface area (Å²) in [5.41, 5.74) is 0. The molecular formula is C16H26N4O5. The van der Waals surface area contributed by atoms with Crippen molar-refractivity contribution in [1.82, 2.24) is 19.8 Å². The molecule has 1 aromatic heterocycles. The van der Waals surface area contributed by atoms with Crippen molar-refractivity contribution < 1.29 is 24.6 Å². The number of fused-ring (bicyclic) bond motifs is 1. The molecule has 0 bridgehead atoms. The monoisotopic (exact) mass is 354 g/mol. The van der Waals surface area contributed by atoms with Gasteiger partial charge in [0.1, 0.15) is 5.82 Å². The summed E-state index contributed by atoms with van der Waals surface area (Å²) in [7, 11) is 0. The van der Waals surface area contributed by atoms with E-state index in [9.17, 15) is 4.79 Å². The van der Waals surface area contributed by atoms with Crippen LogP contribution in [0.5, 0.6) is 0 Å². The maximum atomic E-state index is 12.0. The number of carbonyl (C=O) groups is 3. The van der Waals surface area contributed by atoms with E-state index < -0.39 is 11.9 Å². The van der Waals surface area contributed by atoms with Crippen molar-refractivity contribution in [3.63, 3.8) is 0 Å². The lowest BCUT2D eigenvalue weighted by Crippen LogP contribution is -2.36. The summed E-state index contributed by atoms with van der Waals surface area (Å²) in [5, 5.41) is 18.2. The average molecular weight is 354 g/mol. The van der Waals surface area contributed by atoms with Crippen molar-refractivity contribution in [3.05, 3.63) is 18.2 Å². The van der Waals surface area contributed by atoms with Gasteiger partial charge in [-0.3, -0.25) is 14.4 Å². The van der Waals surface area contributed by atoms with Crippen LogP contribution < -0.4 is 5.32 Å². The van der Waals surface area contributed by atoms with Crippen molar-refractivity contribution in [3.8, 4) is 0 Å². The van der Waals surface area contributed by atoms with Gasteiger partial charge in [0.15, 0.2) is 0 Å². The number of amides is 1. The summed E-state index contributed by atoms with van der Waals surface area (Å²) >= 11 is 0. The number of aryl methyl sites for hydroxylation is 1. The van der Waals surface area contributed by atoms with Gasteiger partial charge in [-0.25, -0.2) is 4.98 Å². The Morgan fingerprint density at radius 3 is 2.48 bits per heavy atom. The minimum Gasteiger partial charge on any atom is -0.481 e. The van der Waals surface area contributed by atoms with Crippen molar-refractivity contribution in [1.29, 1.82) is 0 Å². The number of carbonyl (C=O) groups excluding carboxylic acids is 1. The third-order valence-corrected chi connectivity index (χ3v) is 3.88. The Hall–Kier alpha value is -2.42. The molecule has 3 rings (SSSR count). The molecule has 25 heavy (non-hydrogen) atoms. The van der Waals surface area contributed by atoms with Crippen LogP contribution >= 0.6 is 0 Å². The van der Waals surface area contributed by atoms with Gasteiger partial charge in [-0.05, 0) is 19.9 Å². The number of imidazole rings is 1. The van der Waals surface area contributed by atoms with E-state index in [4.69, 9.17) is 19.8 Å². The Morgan fingerprint density at radius 1 is 1.32 bits per heavy atom. The molecule has 1 amide bonds. The van der Waals surface area contributed by atoms with E-state index >= 15 is 0 Å². The Labute approximate surface area is 146 Å². The quantitative estimate of drug-likeness (QED) is 0.724. The second kappa shape index (κ2) is 9.77. The fraction of sp³-hybridized carbons (Fsp3) is 0.625. The lowest BCUT2D eigenvalue weighted by molar-refractivity contribution is -0.135. The van der Waals surface area contributed by atoms with Gasteiger partial charge in [-0.2, -0.15) is 0 Å². The number of nitrogens with one attached hydrogen (secondary N) is 1. The fourth-order valence-electron chi connectivity index (χ4n) is 2.96. The van der Waals surface area contributed by atoms with E-state index in [1.165, 1.54) is 0 Å². The van der Waals surface area contributed by atoms with E-state index in [0.29, 0.717) is 25.0 Å². The van der Waals surface area contributed by atoms with Crippen molar-refractivity contribution in [2.75, 3.05) is 6.54 Å². The van der Waals surface area contributed by atoms with Crippen LogP contribution in [0.4, 0.5) is 0 Å². The lowest BCUT2D eigenvalue weighted by atomic mass is 10.1. The van der Waals surface area contributed by atoms with Crippen LogP contribution in [0.2, 0.25) is 0 Å². The summed E-state index contributed by atoms with van der Waals surface area (Å²) in [6.07, 6.45) is 5.50. The number of aromatic nitrogens is 2. The largest absolute Gasteiger partial charge is 0.481 e. The minimum absolute atomic E-state index is 0.262. The first-order valence-electron chi connectivity index (χ1n) is 8.18. The number of rotatable bonds is 3. The molecule has 2 atom stereocenters. The van der Waals surface area contributed by atoms with E-state index in [0.717, 1.165) is 39.2 Å². The number of carboxylic acid groups (broad SMARTS) is 2. The first kappa shape index (κ1) is 20.6. The van der Waals surface area contributed by atoms with Gasteiger partial charge in [0.25, 0.3) is 11.9 Å². The van der Waals surface area contributed by atoms with Crippen molar-refractivity contribution in [2.24, 2.45) is 0 Å². The normalized spacial score (nSPS) is 20.9. The first-order valence-corrected chi connectivity index (χ1v) is 8.18. The molecule has 0 saturated carbocycles. The number of likely N-dealkylation sites (tertiary alicyclic amines) is 1. The lowest BCUT2D eigenvalue weighted by Gasteiger charge is -2.23. The van der Waals surface area contributed by atoms with Crippen LogP contribution in [-0.2, 0) is 27.5 Å². The third kappa shape index (κ3) is 6.54. The van der Waals surface area contributed by atoms with Gasteiger partial charge in [-0.1, -0.05) is 0 Å². The van der Waals surface area contributed by atoms with Crippen LogP contribution in [0.15, 0.2) is 12.4 Å². The number of carboxylic acids is 2. The molecule has 2 saturated heterocycles. The van der Waals surface area contributed by atoms with E-state index in [-0.39, 0.29) is 5.91 Å². The highest BCUT2D eigenvalue weighted by atomic mass is 16.4. The van der Waals surface area contributed by atoms with Gasteiger partial charge in [0.05, 0.1) is 6.54 Å². The van der Waals surface area contributed by atoms with Gasteiger partial charge < -0.3 is 25.0 Å². The summed E-state index contributed by atoms with van der Waals surface area (Å²) in [6, 6.07) is 0.747. The number of hydrogen-bond acceptors (Lipinski definition) is 5. The van der Waals surface area contributed by atoms with E-state index in [2.05, 4.69) is 21.8 Å². The minimum atomic E-state index is -0.833. The Morgan fingerprint density at radius 2 is 1.92 bits per heavy atom. The molecule has 2 aliphatic rings. The Balaban J connectivity index is 0.000000333. The average Bonchev–Trinajstić information content (AvgIpc) is 3.16. The summed E-state index contributed by atoms with van der Waals surface area (Å²) in [5.74, 6) is -0.411. The predicted molar refractivity (Wildman–Crippen MR) is 89.9 cm³/mol. The molecule has 3 N–H and O–H groups in total. The molecule has 9 nitrogen and oxygen atoms in total. The maximum Gasteiger partial charge on any atom is 0.300 e. The van der Waals surface area contributed by atoms with Gasteiger partial charge in [0, 0.05) is 51.3 Å². The van der Waals surface area contributed by atoms with E-state index in [1.807, 2.05) is 17.3 Å². The SMILES string of the molecule is CC(=O)O.CC(=O)O.CCn1ccnc1CN1C(=O)C[C@H]2NCC[C@H]21. The van der Waals surface area contributed by atoms with Crippen LogP contribution in [0.25, 0.3) is 0 Å². The standard InChI is InChI=1S/C12H18N4O.2C2H4O2/c1-2-15-6-5-14-11(15)8-16-10-3-4-13-9(10)7-12(16)17;2*1-2(3)4/h5-6,9-10,13H,2-4,7-8H2,1H3;2*1H3,(H,3,4)/t9-,10-;;/m1../s1. The number of nitrogens with zero attached hydrogens (tertiary/aromatic N) is 3. The molecule has 0 aromatic carbocycles. The van der Waals surface area contributed by atoms with Crippen LogP contribution in [-0.4, -0.2) is 61.1 Å². The molecule has 0 radical (unpaired) electrons. The third-order valence-electron chi connectivity index (χ3n) is 3.88. The Bertz CT molecular complexity index is 581. The maximum absolute atomic E-state index is 12.0. The molecular weight excluding hydrogens is 328 g/mol. The highest BCUT2D eigenvalue weighted by molar-refractivity contribution is 5.80. The van der Waals surface area contributed by atoms with Crippen molar-refractivity contribution >= 4 is 17.8 Å². The van der Waals surface area contributed by atoms with Crippen LogP contribution in [0.1, 0.15) is 39.4 Å². The van der Waals surface area contributed by atoms with Gasteiger partial charge in [-0.15, -0.1) is 0 Å². The zero-order chi connectivity index (χ0) is 19.0. The molecule has 2 aliphatic heterocycles. The summed E-state index contributed by atoms with van der Waals surface area (Å²) in [4.78, 5) is 36.3. The van der Waals surface area contributed by atoms with E-state index in [1.54, 1.807) is 0 Å². The molecule has 1 aromatic rings.